The number of hydrogen-bond acceptors (Lipinski definition) is 3. The Labute approximate surface area is 90.1 Å². The standard InChI is InChI=1S/C10H9BrN2O/c11-8-3-1-2-7(4-8)9-6-13-10(5-12)14-9/h1-4,6H,5,12H2. The zero-order valence-electron chi connectivity index (χ0n) is 7.40. The predicted octanol–water partition coefficient (Wildman–Crippen LogP) is 2.56. The highest BCUT2D eigenvalue weighted by molar-refractivity contribution is 9.10. The summed E-state index contributed by atoms with van der Waals surface area (Å²) in [6.07, 6.45) is 1.68. The lowest BCUT2D eigenvalue weighted by molar-refractivity contribution is 0.509. The molecule has 4 heteroatoms. The molecule has 0 atom stereocenters. The second kappa shape index (κ2) is 3.94. The molecule has 1 aromatic carbocycles. The first-order valence-corrected chi connectivity index (χ1v) is 4.99. The van der Waals surface area contributed by atoms with Gasteiger partial charge >= 0.3 is 0 Å². The van der Waals surface area contributed by atoms with Crippen LogP contribution in [0.2, 0.25) is 0 Å². The first-order valence-electron chi connectivity index (χ1n) is 4.20. The normalized spacial score (nSPS) is 10.4. The monoisotopic (exact) mass is 252 g/mol. The van der Waals surface area contributed by atoms with Gasteiger partial charge in [-0.25, -0.2) is 4.98 Å². The van der Waals surface area contributed by atoms with Gasteiger partial charge in [-0.05, 0) is 12.1 Å². The molecule has 1 heterocycles. The molecule has 0 radical (unpaired) electrons. The zero-order chi connectivity index (χ0) is 9.97. The van der Waals surface area contributed by atoms with Crippen molar-refractivity contribution in [2.24, 2.45) is 5.73 Å². The first-order chi connectivity index (χ1) is 6.79. The van der Waals surface area contributed by atoms with Gasteiger partial charge in [-0.2, -0.15) is 0 Å². The van der Waals surface area contributed by atoms with Crippen LogP contribution in [0, 0.1) is 0 Å². The van der Waals surface area contributed by atoms with Gasteiger partial charge in [0.2, 0.25) is 5.89 Å². The molecule has 2 N–H and O–H groups in total. The van der Waals surface area contributed by atoms with E-state index in [1.807, 2.05) is 24.3 Å². The molecule has 2 aromatic rings. The topological polar surface area (TPSA) is 52.0 Å². The summed E-state index contributed by atoms with van der Waals surface area (Å²) in [6, 6.07) is 7.85. The third-order valence-corrected chi connectivity index (χ3v) is 2.33. The smallest absolute Gasteiger partial charge is 0.208 e. The van der Waals surface area contributed by atoms with E-state index in [0.717, 1.165) is 15.8 Å². The van der Waals surface area contributed by atoms with Crippen molar-refractivity contribution in [2.75, 3.05) is 0 Å². The van der Waals surface area contributed by atoms with Gasteiger partial charge in [0.25, 0.3) is 0 Å². The Morgan fingerprint density at radius 2 is 2.29 bits per heavy atom. The lowest BCUT2D eigenvalue weighted by atomic mass is 10.2. The Hall–Kier alpha value is -1.13. The van der Waals surface area contributed by atoms with Gasteiger partial charge in [-0.1, -0.05) is 28.1 Å². The highest BCUT2D eigenvalue weighted by atomic mass is 79.9. The molecule has 14 heavy (non-hydrogen) atoms. The van der Waals surface area contributed by atoms with E-state index in [1.165, 1.54) is 0 Å². The van der Waals surface area contributed by atoms with Crippen LogP contribution in [0.25, 0.3) is 11.3 Å². The minimum atomic E-state index is 0.327. The zero-order valence-corrected chi connectivity index (χ0v) is 8.99. The van der Waals surface area contributed by atoms with Crippen molar-refractivity contribution < 1.29 is 4.42 Å². The van der Waals surface area contributed by atoms with E-state index in [0.29, 0.717) is 12.4 Å². The molecule has 0 fully saturated rings. The summed E-state index contributed by atoms with van der Waals surface area (Å²) in [6.45, 7) is 0.327. The maximum Gasteiger partial charge on any atom is 0.208 e. The quantitative estimate of drug-likeness (QED) is 0.894. The number of hydrogen-bond donors (Lipinski definition) is 1. The van der Waals surface area contributed by atoms with E-state index < -0.39 is 0 Å². The molecule has 0 amide bonds. The number of halogens is 1. The molecule has 0 aliphatic carbocycles. The fourth-order valence-electron chi connectivity index (χ4n) is 1.18. The van der Waals surface area contributed by atoms with Crippen LogP contribution in [-0.4, -0.2) is 4.98 Å². The number of aromatic nitrogens is 1. The molecular weight excluding hydrogens is 244 g/mol. The lowest BCUT2D eigenvalue weighted by Gasteiger charge is -1.96. The molecule has 1 aromatic heterocycles. The van der Waals surface area contributed by atoms with Gasteiger partial charge in [0.1, 0.15) is 0 Å². The van der Waals surface area contributed by atoms with Crippen molar-refractivity contribution in [3.8, 4) is 11.3 Å². The SMILES string of the molecule is NCc1ncc(-c2cccc(Br)c2)o1. The highest BCUT2D eigenvalue weighted by Crippen LogP contribution is 2.23. The second-order valence-electron chi connectivity index (χ2n) is 2.83. The van der Waals surface area contributed by atoms with Crippen LogP contribution < -0.4 is 5.73 Å². The van der Waals surface area contributed by atoms with Gasteiger partial charge in [0.15, 0.2) is 5.76 Å². The van der Waals surface area contributed by atoms with Crippen LogP contribution in [0.3, 0.4) is 0 Å². The van der Waals surface area contributed by atoms with E-state index in [1.54, 1.807) is 6.20 Å². The number of benzene rings is 1. The Morgan fingerprint density at radius 1 is 1.43 bits per heavy atom. The number of rotatable bonds is 2. The summed E-state index contributed by atoms with van der Waals surface area (Å²) in [7, 11) is 0. The largest absolute Gasteiger partial charge is 0.439 e. The molecule has 0 spiro atoms. The molecule has 0 aliphatic rings. The molecule has 0 saturated carbocycles. The van der Waals surface area contributed by atoms with Crippen molar-refractivity contribution in [2.45, 2.75) is 6.54 Å². The molecular formula is C10H9BrN2O. The van der Waals surface area contributed by atoms with E-state index >= 15 is 0 Å². The van der Waals surface area contributed by atoms with Gasteiger partial charge in [0.05, 0.1) is 12.7 Å². The molecule has 72 valence electrons. The lowest BCUT2D eigenvalue weighted by Crippen LogP contribution is -1.94. The predicted molar refractivity (Wildman–Crippen MR) is 57.5 cm³/mol. The summed E-state index contributed by atoms with van der Waals surface area (Å²) < 4.78 is 6.43. The van der Waals surface area contributed by atoms with Crippen molar-refractivity contribution in [3.05, 3.63) is 40.8 Å². The third kappa shape index (κ3) is 1.86. The van der Waals surface area contributed by atoms with Crippen LogP contribution in [0.5, 0.6) is 0 Å². The average molecular weight is 253 g/mol. The van der Waals surface area contributed by atoms with Crippen LogP contribution in [0.15, 0.2) is 39.4 Å². The molecule has 0 bridgehead atoms. The van der Waals surface area contributed by atoms with Crippen molar-refractivity contribution in [3.63, 3.8) is 0 Å². The van der Waals surface area contributed by atoms with Gasteiger partial charge in [-0.3, -0.25) is 0 Å². The van der Waals surface area contributed by atoms with Crippen molar-refractivity contribution in [1.82, 2.24) is 4.98 Å². The second-order valence-corrected chi connectivity index (χ2v) is 3.75. The minimum absolute atomic E-state index is 0.327. The number of oxazole rings is 1. The van der Waals surface area contributed by atoms with Gasteiger partial charge in [0, 0.05) is 10.0 Å². The summed E-state index contributed by atoms with van der Waals surface area (Å²) in [5, 5.41) is 0. The Morgan fingerprint density at radius 3 is 2.93 bits per heavy atom. The summed E-state index contributed by atoms with van der Waals surface area (Å²) in [4.78, 5) is 4.03. The Bertz CT molecular complexity index is 439. The fourth-order valence-corrected chi connectivity index (χ4v) is 1.58. The van der Waals surface area contributed by atoms with Crippen LogP contribution >= 0.6 is 15.9 Å². The van der Waals surface area contributed by atoms with Crippen LogP contribution in [0.4, 0.5) is 0 Å². The summed E-state index contributed by atoms with van der Waals surface area (Å²) in [5.41, 5.74) is 6.40. The van der Waals surface area contributed by atoms with Gasteiger partial charge < -0.3 is 10.2 Å². The highest BCUT2D eigenvalue weighted by Gasteiger charge is 2.04. The van der Waals surface area contributed by atoms with Crippen LogP contribution in [0.1, 0.15) is 5.89 Å². The van der Waals surface area contributed by atoms with Gasteiger partial charge in [-0.15, -0.1) is 0 Å². The minimum Gasteiger partial charge on any atom is -0.439 e. The fraction of sp³-hybridized carbons (Fsp3) is 0.100. The number of nitrogens with two attached hydrogens (primary N) is 1. The Balaban J connectivity index is 2.39. The number of nitrogens with zero attached hydrogens (tertiary/aromatic N) is 1. The third-order valence-electron chi connectivity index (χ3n) is 1.84. The Kier molecular flexibility index (Phi) is 2.65. The maximum absolute atomic E-state index is 5.42. The van der Waals surface area contributed by atoms with E-state index in [2.05, 4.69) is 20.9 Å². The van der Waals surface area contributed by atoms with E-state index in [4.69, 9.17) is 10.2 Å². The molecule has 0 unspecified atom stereocenters. The molecule has 3 nitrogen and oxygen atoms in total. The van der Waals surface area contributed by atoms with E-state index in [9.17, 15) is 0 Å². The first kappa shape index (κ1) is 9.43. The molecule has 0 aliphatic heterocycles. The van der Waals surface area contributed by atoms with Crippen LogP contribution in [-0.2, 0) is 6.54 Å². The van der Waals surface area contributed by atoms with Crippen molar-refractivity contribution in [1.29, 1.82) is 0 Å². The summed E-state index contributed by atoms with van der Waals surface area (Å²) >= 11 is 3.40. The molecule has 2 rings (SSSR count). The summed E-state index contributed by atoms with van der Waals surface area (Å²) in [5.74, 6) is 1.30. The average Bonchev–Trinajstić information content (AvgIpc) is 2.66. The molecule has 0 saturated heterocycles. The van der Waals surface area contributed by atoms with Crippen molar-refractivity contribution >= 4 is 15.9 Å². The van der Waals surface area contributed by atoms with E-state index in [-0.39, 0.29) is 0 Å². The maximum atomic E-state index is 5.42.